The van der Waals surface area contributed by atoms with Crippen molar-refractivity contribution in [3.05, 3.63) is 16.6 Å². The molecule has 1 atom stereocenters. The molecule has 0 bridgehead atoms. The van der Waals surface area contributed by atoms with Gasteiger partial charge in [-0.25, -0.2) is 8.42 Å². The Morgan fingerprint density at radius 2 is 2.31 bits per heavy atom. The highest BCUT2D eigenvalue weighted by Gasteiger charge is 2.24. The number of thiazole rings is 1. The molecule has 0 radical (unpaired) electrons. The van der Waals surface area contributed by atoms with Crippen LogP contribution in [0.4, 0.5) is 0 Å². The van der Waals surface area contributed by atoms with Crippen LogP contribution in [0.1, 0.15) is 18.2 Å². The fraction of sp³-hybridized carbons (Fsp3) is 0.556. The molecule has 0 aliphatic rings. The third-order valence-electron chi connectivity index (χ3n) is 2.12. The molecule has 1 heterocycles. The maximum atomic E-state index is 11.8. The van der Waals surface area contributed by atoms with E-state index in [4.69, 9.17) is 0 Å². The summed E-state index contributed by atoms with van der Waals surface area (Å²) < 4.78 is 28.1. The molecule has 1 rings (SSSR count). The molecule has 1 aromatic heterocycles. The third kappa shape index (κ3) is 3.57. The number of carbonyl (C=O) groups is 1. The van der Waals surface area contributed by atoms with Crippen molar-refractivity contribution in [1.29, 1.82) is 0 Å². The van der Waals surface area contributed by atoms with Gasteiger partial charge in [0.25, 0.3) is 0 Å². The number of aromatic nitrogens is 1. The molecule has 0 aliphatic heterocycles. The molecule has 1 aromatic rings. The number of hydrogen-bond donors (Lipinski definition) is 0. The molecular formula is C9H13NO4S2. The monoisotopic (exact) mass is 263 g/mol. The second kappa shape index (κ2) is 5.40. The minimum Gasteiger partial charge on any atom is -0.469 e. The Kier molecular flexibility index (Phi) is 4.43. The van der Waals surface area contributed by atoms with E-state index in [2.05, 4.69) is 9.72 Å². The van der Waals surface area contributed by atoms with Crippen LogP contribution in [0, 0.1) is 0 Å². The molecule has 5 nitrogen and oxygen atoms in total. The molecule has 0 aliphatic carbocycles. The molecule has 0 amide bonds. The number of methoxy groups -OCH3 is 1. The quantitative estimate of drug-likeness (QED) is 0.741. The maximum absolute atomic E-state index is 11.8. The maximum Gasteiger partial charge on any atom is 0.306 e. The summed E-state index contributed by atoms with van der Waals surface area (Å²) in [4.78, 5) is 15.5. The van der Waals surface area contributed by atoms with Gasteiger partial charge in [-0.1, -0.05) is 0 Å². The lowest BCUT2D eigenvalue weighted by atomic mass is 10.3. The van der Waals surface area contributed by atoms with Crippen molar-refractivity contribution in [1.82, 2.24) is 4.98 Å². The van der Waals surface area contributed by atoms with Gasteiger partial charge in [-0.05, 0) is 6.92 Å². The molecule has 0 spiro atoms. The number of esters is 1. The first-order valence-electron chi connectivity index (χ1n) is 4.61. The molecule has 0 fully saturated rings. The van der Waals surface area contributed by atoms with Crippen LogP contribution in [0.2, 0.25) is 0 Å². The Morgan fingerprint density at radius 1 is 1.62 bits per heavy atom. The van der Waals surface area contributed by atoms with Crippen molar-refractivity contribution in [2.75, 3.05) is 7.11 Å². The highest BCUT2D eigenvalue weighted by Crippen LogP contribution is 2.16. The number of hydrogen-bond acceptors (Lipinski definition) is 6. The normalized spacial score (nSPS) is 13.4. The average molecular weight is 263 g/mol. The summed E-state index contributed by atoms with van der Waals surface area (Å²) in [5, 5.41) is -0.734. The summed E-state index contributed by atoms with van der Waals surface area (Å²) in [6, 6.07) is 0. The second-order valence-corrected chi connectivity index (χ2v) is 6.76. The molecule has 16 heavy (non-hydrogen) atoms. The fourth-order valence-corrected chi connectivity index (χ4v) is 3.39. The van der Waals surface area contributed by atoms with Gasteiger partial charge in [-0.3, -0.25) is 9.78 Å². The standard InChI is InChI=1S/C9H13NO4S2/c1-7(3-9(11)14-2)16(12,13)5-8-4-10-6-15-8/h4,6-7H,3,5H2,1-2H3. The van der Waals surface area contributed by atoms with E-state index in [0.717, 1.165) is 0 Å². The van der Waals surface area contributed by atoms with Crippen LogP contribution in [0.25, 0.3) is 0 Å². The molecule has 90 valence electrons. The van der Waals surface area contributed by atoms with E-state index in [1.165, 1.54) is 31.6 Å². The number of sulfone groups is 1. The lowest BCUT2D eigenvalue weighted by Crippen LogP contribution is -2.23. The first-order valence-corrected chi connectivity index (χ1v) is 7.21. The Labute approximate surface area is 98.4 Å². The highest BCUT2D eigenvalue weighted by atomic mass is 32.2. The lowest BCUT2D eigenvalue weighted by molar-refractivity contribution is -0.140. The van der Waals surface area contributed by atoms with Gasteiger partial charge in [0.2, 0.25) is 0 Å². The van der Waals surface area contributed by atoms with E-state index in [-0.39, 0.29) is 12.2 Å². The van der Waals surface area contributed by atoms with Gasteiger partial charge in [0.05, 0.1) is 30.0 Å². The Hall–Kier alpha value is -0.950. The van der Waals surface area contributed by atoms with Gasteiger partial charge < -0.3 is 4.74 Å². The number of rotatable bonds is 5. The molecule has 1 unspecified atom stereocenters. The summed E-state index contributed by atoms with van der Waals surface area (Å²) in [5.74, 6) is -0.587. The Bertz CT molecular complexity index is 438. The van der Waals surface area contributed by atoms with E-state index in [0.29, 0.717) is 4.88 Å². The zero-order chi connectivity index (χ0) is 12.2. The largest absolute Gasteiger partial charge is 0.469 e. The number of nitrogens with zero attached hydrogens (tertiary/aromatic N) is 1. The van der Waals surface area contributed by atoms with Crippen molar-refractivity contribution in [2.45, 2.75) is 24.3 Å². The predicted molar refractivity (Wildman–Crippen MR) is 60.8 cm³/mol. The van der Waals surface area contributed by atoms with Crippen LogP contribution in [0.5, 0.6) is 0 Å². The Balaban J connectivity index is 2.67. The minimum atomic E-state index is -3.32. The lowest BCUT2D eigenvalue weighted by Gasteiger charge is -2.10. The fourth-order valence-electron chi connectivity index (χ4n) is 1.10. The number of carbonyl (C=O) groups excluding carboxylic acids is 1. The van der Waals surface area contributed by atoms with Gasteiger partial charge >= 0.3 is 5.97 Å². The SMILES string of the molecule is COC(=O)CC(C)S(=O)(=O)Cc1cncs1. The average Bonchev–Trinajstić information content (AvgIpc) is 2.69. The van der Waals surface area contributed by atoms with Crippen molar-refractivity contribution >= 4 is 27.1 Å². The molecule has 0 N–H and O–H groups in total. The third-order valence-corrected chi connectivity index (χ3v) is 5.19. The van der Waals surface area contributed by atoms with Crippen LogP contribution in [0.15, 0.2) is 11.7 Å². The van der Waals surface area contributed by atoms with Crippen LogP contribution >= 0.6 is 11.3 Å². The van der Waals surface area contributed by atoms with Crippen molar-refractivity contribution in [3.8, 4) is 0 Å². The Morgan fingerprint density at radius 3 is 2.81 bits per heavy atom. The van der Waals surface area contributed by atoms with E-state index < -0.39 is 21.1 Å². The van der Waals surface area contributed by atoms with Gasteiger partial charge in [0, 0.05) is 11.1 Å². The summed E-state index contributed by atoms with van der Waals surface area (Å²) >= 11 is 1.29. The second-order valence-electron chi connectivity index (χ2n) is 3.37. The predicted octanol–water partition coefficient (Wildman–Crippen LogP) is 1.01. The van der Waals surface area contributed by atoms with Gasteiger partial charge in [-0.15, -0.1) is 11.3 Å². The zero-order valence-corrected chi connectivity index (χ0v) is 10.7. The minimum absolute atomic E-state index is 0.0736. The smallest absolute Gasteiger partial charge is 0.306 e. The first-order chi connectivity index (χ1) is 7.45. The van der Waals surface area contributed by atoms with E-state index in [1.807, 2.05) is 0 Å². The van der Waals surface area contributed by atoms with E-state index in [9.17, 15) is 13.2 Å². The van der Waals surface area contributed by atoms with Crippen molar-refractivity contribution in [3.63, 3.8) is 0 Å². The van der Waals surface area contributed by atoms with Crippen LogP contribution in [0.3, 0.4) is 0 Å². The van der Waals surface area contributed by atoms with E-state index in [1.54, 1.807) is 5.51 Å². The summed E-state index contributed by atoms with van der Waals surface area (Å²) in [6.07, 6.45) is 1.41. The van der Waals surface area contributed by atoms with Crippen LogP contribution in [-0.4, -0.2) is 31.7 Å². The van der Waals surface area contributed by atoms with Crippen molar-refractivity contribution < 1.29 is 17.9 Å². The molecule has 0 saturated carbocycles. The van der Waals surface area contributed by atoms with E-state index >= 15 is 0 Å². The summed E-state index contributed by atoms with van der Waals surface area (Å²) in [6.45, 7) is 1.51. The van der Waals surface area contributed by atoms with Crippen LogP contribution in [-0.2, 0) is 25.1 Å². The summed E-state index contributed by atoms with van der Waals surface area (Å²) in [5.41, 5.74) is 1.58. The van der Waals surface area contributed by atoms with Gasteiger partial charge in [0.1, 0.15) is 0 Å². The van der Waals surface area contributed by atoms with Crippen LogP contribution < -0.4 is 0 Å². The summed E-state index contributed by atoms with van der Waals surface area (Å²) in [7, 11) is -2.08. The first kappa shape index (κ1) is 13.1. The number of ether oxygens (including phenoxy) is 1. The van der Waals surface area contributed by atoms with Gasteiger partial charge in [0.15, 0.2) is 9.84 Å². The molecular weight excluding hydrogens is 250 g/mol. The highest BCUT2D eigenvalue weighted by molar-refractivity contribution is 7.91. The zero-order valence-electron chi connectivity index (χ0n) is 9.04. The topological polar surface area (TPSA) is 73.3 Å². The van der Waals surface area contributed by atoms with Gasteiger partial charge in [-0.2, -0.15) is 0 Å². The molecule has 7 heteroatoms. The molecule has 0 aromatic carbocycles. The van der Waals surface area contributed by atoms with Crippen molar-refractivity contribution in [2.24, 2.45) is 0 Å². The molecule has 0 saturated heterocycles.